The molecule has 3 heterocycles. The summed E-state index contributed by atoms with van der Waals surface area (Å²) in [6.07, 6.45) is 0. The van der Waals surface area contributed by atoms with Crippen LogP contribution in [0.2, 0.25) is 0 Å². The van der Waals surface area contributed by atoms with Crippen LogP contribution in [0.25, 0.3) is 33.2 Å². The van der Waals surface area contributed by atoms with Crippen molar-refractivity contribution >= 4 is 45.0 Å². The maximum absolute atomic E-state index is 12.6. The summed E-state index contributed by atoms with van der Waals surface area (Å²) in [5.74, 6) is -0.391. The lowest BCUT2D eigenvalue weighted by atomic mass is 10.0. The van der Waals surface area contributed by atoms with Gasteiger partial charge in [-0.1, -0.05) is 35.4 Å². The quantitative estimate of drug-likeness (QED) is 0.365. The molecule has 136 valence electrons. The Labute approximate surface area is 161 Å². The molecule has 28 heavy (non-hydrogen) atoms. The van der Waals surface area contributed by atoms with Gasteiger partial charge in [0.2, 0.25) is 0 Å². The Balaban J connectivity index is 1.53. The van der Waals surface area contributed by atoms with Gasteiger partial charge in [0.15, 0.2) is 0 Å². The van der Waals surface area contributed by atoms with Crippen LogP contribution in [0.15, 0.2) is 72.9 Å². The Kier molecular flexibility index (Phi) is 3.77. The molecular weight excluding hydrogens is 378 g/mol. The van der Waals surface area contributed by atoms with Gasteiger partial charge < -0.3 is 8.83 Å². The number of benzene rings is 2. The highest BCUT2D eigenvalue weighted by atomic mass is 32.1. The van der Waals surface area contributed by atoms with Crippen molar-refractivity contribution in [2.45, 2.75) is 0 Å². The van der Waals surface area contributed by atoms with Crippen LogP contribution in [-0.4, -0.2) is 16.1 Å². The second-order valence-corrected chi connectivity index (χ2v) is 6.80. The van der Waals surface area contributed by atoms with Gasteiger partial charge in [0.25, 0.3) is 11.8 Å². The number of carbonyl (C=O) groups is 1. The summed E-state index contributed by atoms with van der Waals surface area (Å²) in [5, 5.41) is 16.4. The van der Waals surface area contributed by atoms with E-state index in [0.29, 0.717) is 11.0 Å². The predicted molar refractivity (Wildman–Crippen MR) is 106 cm³/mol. The highest BCUT2D eigenvalue weighted by Crippen LogP contribution is 2.25. The number of rotatable bonds is 3. The first-order chi connectivity index (χ1) is 13.7. The molecule has 1 amide bonds. The molecule has 2 aromatic carbocycles. The number of nitrogens with zero attached hydrogens (tertiary/aromatic N) is 2. The second-order valence-electron chi connectivity index (χ2n) is 6.02. The molecule has 3 aromatic heterocycles. The molecule has 0 radical (unpaired) electrons. The van der Waals surface area contributed by atoms with Crippen molar-refractivity contribution in [1.82, 2.24) is 10.2 Å². The van der Waals surface area contributed by atoms with E-state index >= 15 is 0 Å². The fraction of sp³-hybridized carbons (Fsp3) is 0. The van der Waals surface area contributed by atoms with Crippen molar-refractivity contribution in [1.29, 1.82) is 0 Å². The summed E-state index contributed by atoms with van der Waals surface area (Å²) in [5.41, 5.74) is 0.296. The maximum atomic E-state index is 12.6. The van der Waals surface area contributed by atoms with Gasteiger partial charge in [0.05, 0.1) is 0 Å². The smallest absolute Gasteiger partial charge is 0.349 e. The Morgan fingerprint density at radius 3 is 2.75 bits per heavy atom. The van der Waals surface area contributed by atoms with E-state index in [4.69, 9.17) is 8.83 Å². The summed E-state index contributed by atoms with van der Waals surface area (Å²) in [4.78, 5) is 24.9. The minimum atomic E-state index is -0.738. The number of amides is 1. The molecule has 1 N–H and O–H groups in total. The third kappa shape index (κ3) is 2.76. The number of hydrogen-bond acceptors (Lipinski definition) is 7. The van der Waals surface area contributed by atoms with Crippen LogP contribution in [0.1, 0.15) is 10.4 Å². The van der Waals surface area contributed by atoms with Gasteiger partial charge in [-0.3, -0.25) is 10.1 Å². The highest BCUT2D eigenvalue weighted by molar-refractivity contribution is 7.08. The fourth-order valence-electron chi connectivity index (χ4n) is 2.97. The number of fused-ring (bicyclic) bond motifs is 3. The van der Waals surface area contributed by atoms with E-state index < -0.39 is 11.5 Å². The van der Waals surface area contributed by atoms with E-state index in [9.17, 15) is 9.59 Å². The number of aromatic nitrogens is 2. The van der Waals surface area contributed by atoms with Crippen LogP contribution in [0, 0.1) is 0 Å². The normalized spacial score (nSPS) is 11.1. The van der Waals surface area contributed by atoms with Crippen molar-refractivity contribution < 1.29 is 13.6 Å². The fourth-order valence-corrected chi connectivity index (χ4v) is 3.60. The lowest BCUT2D eigenvalue weighted by Gasteiger charge is -2.05. The second kappa shape index (κ2) is 6.43. The molecule has 0 fully saturated rings. The van der Waals surface area contributed by atoms with Crippen LogP contribution in [0.3, 0.4) is 0 Å². The lowest BCUT2D eigenvalue weighted by molar-refractivity contribution is 0.102. The summed E-state index contributed by atoms with van der Waals surface area (Å²) in [6, 6.07) is 14.5. The van der Waals surface area contributed by atoms with Crippen molar-refractivity contribution in [3.63, 3.8) is 0 Å². The molecule has 5 rings (SSSR count). The zero-order valence-corrected chi connectivity index (χ0v) is 15.0. The third-order valence-electron chi connectivity index (χ3n) is 4.30. The molecule has 7 nitrogen and oxygen atoms in total. The van der Waals surface area contributed by atoms with Crippen LogP contribution in [0.5, 0.6) is 0 Å². The lowest BCUT2D eigenvalue weighted by Crippen LogP contribution is -2.20. The zero-order chi connectivity index (χ0) is 19.1. The molecule has 0 bridgehead atoms. The average Bonchev–Trinajstić information content (AvgIpc) is 3.39. The first-order valence-electron chi connectivity index (χ1n) is 8.32. The Bertz CT molecular complexity index is 1390. The first kappa shape index (κ1) is 16.4. The van der Waals surface area contributed by atoms with E-state index in [1.54, 1.807) is 6.07 Å². The maximum Gasteiger partial charge on any atom is 0.349 e. The number of anilines is 1. The van der Waals surface area contributed by atoms with Gasteiger partial charge in [-0.2, -0.15) is 11.3 Å². The first-order valence-corrected chi connectivity index (χ1v) is 9.26. The molecule has 5 aromatic rings. The number of carbonyl (C=O) groups excluding carboxylic acids is 1. The highest BCUT2D eigenvalue weighted by Gasteiger charge is 2.18. The molecule has 8 heteroatoms. The van der Waals surface area contributed by atoms with E-state index in [-0.39, 0.29) is 17.5 Å². The van der Waals surface area contributed by atoms with E-state index in [0.717, 1.165) is 16.3 Å². The standard InChI is InChI=1S/C20H11N3O4S/c24-17(21-20-23-22-18(27-20)12-7-8-28-10-12)15-9-14-13-4-2-1-3-11(13)5-6-16(14)26-19(15)25/h1-10H,(H,21,23,24). The number of nitrogens with one attached hydrogen (secondary N) is 1. The molecule has 0 aliphatic carbocycles. The Morgan fingerprint density at radius 2 is 1.89 bits per heavy atom. The van der Waals surface area contributed by atoms with Crippen LogP contribution < -0.4 is 10.9 Å². The largest absolute Gasteiger partial charge is 0.422 e. The van der Waals surface area contributed by atoms with Crippen molar-refractivity contribution in [3.8, 4) is 11.5 Å². The number of thiophene rings is 1. The van der Waals surface area contributed by atoms with E-state index in [1.807, 2.05) is 47.2 Å². The van der Waals surface area contributed by atoms with Crippen LogP contribution >= 0.6 is 11.3 Å². The minimum Gasteiger partial charge on any atom is -0.422 e. The topological polar surface area (TPSA) is 98.2 Å². The van der Waals surface area contributed by atoms with Gasteiger partial charge >= 0.3 is 11.6 Å². The van der Waals surface area contributed by atoms with Crippen molar-refractivity contribution in [2.24, 2.45) is 0 Å². The monoisotopic (exact) mass is 389 g/mol. The van der Waals surface area contributed by atoms with Crippen LogP contribution in [0.4, 0.5) is 6.01 Å². The molecule has 0 saturated heterocycles. The van der Waals surface area contributed by atoms with Crippen molar-refractivity contribution in [3.05, 3.63) is 75.3 Å². The van der Waals surface area contributed by atoms with Gasteiger partial charge in [-0.15, -0.1) is 5.10 Å². The van der Waals surface area contributed by atoms with Gasteiger partial charge in [0, 0.05) is 16.3 Å². The Hall–Kier alpha value is -3.78. The average molecular weight is 389 g/mol. The van der Waals surface area contributed by atoms with Crippen LogP contribution in [-0.2, 0) is 0 Å². The minimum absolute atomic E-state index is 0.0939. The summed E-state index contributed by atoms with van der Waals surface area (Å²) in [6.45, 7) is 0. The number of hydrogen-bond donors (Lipinski definition) is 1. The molecular formula is C20H11N3O4S. The van der Waals surface area contributed by atoms with E-state index in [1.165, 1.54) is 17.4 Å². The van der Waals surface area contributed by atoms with Gasteiger partial charge in [0.1, 0.15) is 11.1 Å². The molecule has 0 atom stereocenters. The SMILES string of the molecule is O=C(Nc1nnc(-c2ccsc2)o1)c1cc2c(ccc3ccccc32)oc1=O. The molecule has 0 aliphatic heterocycles. The van der Waals surface area contributed by atoms with Crippen molar-refractivity contribution in [2.75, 3.05) is 5.32 Å². The zero-order valence-electron chi connectivity index (χ0n) is 14.2. The molecule has 0 spiro atoms. The Morgan fingerprint density at radius 1 is 1.00 bits per heavy atom. The van der Waals surface area contributed by atoms with Gasteiger partial charge in [-0.25, -0.2) is 4.79 Å². The molecule has 0 unspecified atom stereocenters. The predicted octanol–water partition coefficient (Wildman–Crippen LogP) is 4.31. The molecule has 0 aliphatic rings. The summed E-state index contributed by atoms with van der Waals surface area (Å²) in [7, 11) is 0. The summed E-state index contributed by atoms with van der Waals surface area (Å²) >= 11 is 1.49. The summed E-state index contributed by atoms with van der Waals surface area (Å²) < 4.78 is 10.8. The van der Waals surface area contributed by atoms with E-state index in [2.05, 4.69) is 15.5 Å². The van der Waals surface area contributed by atoms with Gasteiger partial charge in [-0.05, 0) is 34.4 Å². The molecule has 0 saturated carbocycles. The third-order valence-corrected chi connectivity index (χ3v) is 4.98.